The van der Waals surface area contributed by atoms with E-state index in [4.69, 9.17) is 22.3 Å². The summed E-state index contributed by atoms with van der Waals surface area (Å²) < 4.78 is 0. The molecule has 14 nitrogen and oxygen atoms in total. The highest BCUT2D eigenvalue weighted by molar-refractivity contribution is 5.93. The second kappa shape index (κ2) is 12.2. The fourth-order valence-electron chi connectivity index (χ4n) is 2.04. The number of primary amides is 2. The molecule has 0 aliphatic carbocycles. The molecule has 4 atom stereocenters. The number of carboxylic acids is 1. The van der Waals surface area contributed by atoms with E-state index in [9.17, 15) is 33.9 Å². The molecule has 0 saturated carbocycles. The Morgan fingerprint density at radius 2 is 1.55 bits per heavy atom. The van der Waals surface area contributed by atoms with Crippen LogP contribution in [0.15, 0.2) is 0 Å². The molecule has 0 saturated heterocycles. The number of hydrogen-bond donors (Lipinski definition) is 8. The van der Waals surface area contributed by atoms with Gasteiger partial charge in [0, 0.05) is 6.42 Å². The number of rotatable bonds is 13. The first-order valence-corrected chi connectivity index (χ1v) is 8.45. The van der Waals surface area contributed by atoms with Gasteiger partial charge in [0.25, 0.3) is 0 Å². The molecule has 0 aliphatic rings. The van der Waals surface area contributed by atoms with Crippen LogP contribution < -0.4 is 33.2 Å². The van der Waals surface area contributed by atoms with Crippen LogP contribution in [0.5, 0.6) is 0 Å². The fourth-order valence-corrected chi connectivity index (χ4v) is 2.04. The van der Waals surface area contributed by atoms with E-state index in [0.717, 1.165) is 0 Å². The Kier molecular flexibility index (Phi) is 10.9. The maximum atomic E-state index is 12.2. The molecule has 29 heavy (non-hydrogen) atoms. The summed E-state index contributed by atoms with van der Waals surface area (Å²) in [4.78, 5) is 68.4. The molecule has 5 amide bonds. The number of aliphatic hydroxyl groups is 1. The third kappa shape index (κ3) is 10.6. The van der Waals surface area contributed by atoms with Crippen molar-refractivity contribution in [2.24, 2.45) is 17.2 Å². The van der Waals surface area contributed by atoms with Gasteiger partial charge in [0.2, 0.25) is 29.5 Å². The lowest BCUT2D eigenvalue weighted by Gasteiger charge is -2.23. The summed E-state index contributed by atoms with van der Waals surface area (Å²) in [5.74, 6) is -5.78. The summed E-state index contributed by atoms with van der Waals surface area (Å²) in [5.41, 5.74) is 15.2. The van der Waals surface area contributed by atoms with Gasteiger partial charge in [-0.3, -0.25) is 24.0 Å². The van der Waals surface area contributed by atoms with Crippen LogP contribution >= 0.6 is 0 Å². The lowest BCUT2D eigenvalue weighted by molar-refractivity contribution is -0.143. The largest absolute Gasteiger partial charge is 0.480 e. The van der Waals surface area contributed by atoms with Gasteiger partial charge >= 0.3 is 5.97 Å². The zero-order valence-electron chi connectivity index (χ0n) is 15.7. The lowest BCUT2D eigenvalue weighted by atomic mass is 10.1. The van der Waals surface area contributed by atoms with Gasteiger partial charge in [-0.1, -0.05) is 0 Å². The van der Waals surface area contributed by atoms with E-state index in [2.05, 4.69) is 16.0 Å². The van der Waals surface area contributed by atoms with Crippen LogP contribution in [0.25, 0.3) is 0 Å². The maximum absolute atomic E-state index is 12.2. The van der Waals surface area contributed by atoms with Crippen LogP contribution in [0, 0.1) is 0 Å². The van der Waals surface area contributed by atoms with E-state index < -0.39 is 72.7 Å². The Morgan fingerprint density at radius 1 is 0.966 bits per heavy atom. The first kappa shape index (κ1) is 25.7. The third-order valence-corrected chi connectivity index (χ3v) is 3.56. The summed E-state index contributed by atoms with van der Waals surface area (Å²) in [6, 6.07) is -4.29. The van der Waals surface area contributed by atoms with Crippen LogP contribution in [0.3, 0.4) is 0 Å². The van der Waals surface area contributed by atoms with Crippen molar-refractivity contribution in [1.82, 2.24) is 16.0 Å². The molecular weight excluding hydrogens is 392 g/mol. The topological polar surface area (TPSA) is 257 Å². The van der Waals surface area contributed by atoms with Gasteiger partial charge in [0.05, 0.1) is 25.1 Å². The number of aliphatic carboxylic acids is 1. The average Bonchev–Trinajstić information content (AvgIpc) is 2.59. The molecule has 0 aromatic carbocycles. The predicted molar refractivity (Wildman–Crippen MR) is 96.4 cm³/mol. The lowest BCUT2D eigenvalue weighted by Crippen LogP contribution is -2.57. The number of nitrogens with one attached hydrogen (secondary N) is 3. The predicted octanol–water partition coefficient (Wildman–Crippen LogP) is -4.99. The molecule has 0 bridgehead atoms. The van der Waals surface area contributed by atoms with Crippen LogP contribution in [0.1, 0.15) is 26.2 Å². The molecule has 0 rings (SSSR count). The molecule has 0 aromatic heterocycles. The van der Waals surface area contributed by atoms with E-state index in [1.54, 1.807) is 0 Å². The number of aliphatic hydroxyl groups excluding tert-OH is 1. The number of hydrogen-bond acceptors (Lipinski definition) is 8. The van der Waals surface area contributed by atoms with Gasteiger partial charge in [-0.15, -0.1) is 0 Å². The molecule has 0 radical (unpaired) electrons. The minimum absolute atomic E-state index is 0.287. The average molecular weight is 418 g/mol. The Bertz CT molecular complexity index is 653. The van der Waals surface area contributed by atoms with Gasteiger partial charge < -0.3 is 43.4 Å². The van der Waals surface area contributed by atoms with Crippen molar-refractivity contribution in [3.8, 4) is 0 Å². The van der Waals surface area contributed by atoms with Crippen molar-refractivity contribution in [3.63, 3.8) is 0 Å². The minimum Gasteiger partial charge on any atom is -0.480 e. The molecular formula is C15H26N6O8. The SMILES string of the molecule is CC(O)C(NC(=O)CNC(=O)C(N)CC(N)=O)C(=O)NC(CCC(N)=O)C(=O)O. The highest BCUT2D eigenvalue weighted by Gasteiger charge is 2.30. The standard InChI is InChI=1S/C15H26N6O8/c1-6(22)12(14(27)20-8(15(28)29)2-3-9(17)23)21-11(25)5-19-13(26)7(16)4-10(18)24/h6-8,12,22H,2-5,16H2,1H3,(H2,17,23)(H2,18,24)(H,19,26)(H,20,27)(H,21,25)(H,28,29). The zero-order valence-corrected chi connectivity index (χ0v) is 15.7. The van der Waals surface area contributed by atoms with Gasteiger partial charge in [0.15, 0.2) is 0 Å². The number of nitrogens with two attached hydrogens (primary N) is 3. The van der Waals surface area contributed by atoms with Gasteiger partial charge in [-0.2, -0.15) is 0 Å². The highest BCUT2D eigenvalue weighted by Crippen LogP contribution is 2.01. The first-order valence-electron chi connectivity index (χ1n) is 8.45. The van der Waals surface area contributed by atoms with E-state index in [1.807, 2.05) is 0 Å². The highest BCUT2D eigenvalue weighted by atomic mass is 16.4. The van der Waals surface area contributed by atoms with Crippen molar-refractivity contribution in [3.05, 3.63) is 0 Å². The third-order valence-electron chi connectivity index (χ3n) is 3.56. The van der Waals surface area contributed by atoms with Crippen molar-refractivity contribution in [1.29, 1.82) is 0 Å². The van der Waals surface area contributed by atoms with Crippen LogP contribution in [-0.2, 0) is 28.8 Å². The number of carboxylic acid groups (broad SMARTS) is 1. The fraction of sp³-hybridized carbons (Fsp3) is 0.600. The van der Waals surface area contributed by atoms with Gasteiger partial charge in [-0.05, 0) is 13.3 Å². The van der Waals surface area contributed by atoms with Crippen molar-refractivity contribution >= 4 is 35.5 Å². The van der Waals surface area contributed by atoms with Gasteiger partial charge in [-0.25, -0.2) is 4.79 Å². The van der Waals surface area contributed by atoms with Crippen LogP contribution in [0.2, 0.25) is 0 Å². The maximum Gasteiger partial charge on any atom is 0.326 e. The van der Waals surface area contributed by atoms with Crippen LogP contribution in [0.4, 0.5) is 0 Å². The summed E-state index contributed by atoms with van der Waals surface area (Å²) >= 11 is 0. The molecule has 11 N–H and O–H groups in total. The van der Waals surface area contributed by atoms with Crippen molar-refractivity contribution in [2.75, 3.05) is 6.54 Å². The quantitative estimate of drug-likeness (QED) is 0.142. The number of carbonyl (C=O) groups is 6. The second-order valence-corrected chi connectivity index (χ2v) is 6.18. The Hall–Kier alpha value is -3.26. The molecule has 0 aromatic rings. The summed E-state index contributed by atoms with van der Waals surface area (Å²) in [6.07, 6.45) is -2.45. The molecule has 0 heterocycles. The minimum atomic E-state index is -1.55. The van der Waals surface area contributed by atoms with Crippen molar-refractivity contribution < 1.29 is 39.0 Å². The molecule has 0 fully saturated rings. The Labute approximate surface area is 165 Å². The van der Waals surface area contributed by atoms with E-state index in [0.29, 0.717) is 0 Å². The first-order chi connectivity index (χ1) is 13.3. The van der Waals surface area contributed by atoms with E-state index in [1.165, 1.54) is 6.92 Å². The summed E-state index contributed by atoms with van der Waals surface area (Å²) in [6.45, 7) is 0.539. The molecule has 0 spiro atoms. The van der Waals surface area contributed by atoms with E-state index >= 15 is 0 Å². The molecule has 0 aliphatic heterocycles. The molecule has 14 heteroatoms. The monoisotopic (exact) mass is 418 g/mol. The normalized spacial score (nSPS) is 14.6. The molecule has 164 valence electrons. The number of carbonyl (C=O) groups excluding carboxylic acids is 5. The zero-order chi connectivity index (χ0) is 22.7. The second-order valence-electron chi connectivity index (χ2n) is 6.18. The van der Waals surface area contributed by atoms with Crippen molar-refractivity contribution in [2.45, 2.75) is 50.4 Å². The summed E-state index contributed by atoms with van der Waals surface area (Å²) in [5, 5.41) is 25.1. The number of amides is 5. The van der Waals surface area contributed by atoms with Crippen LogP contribution in [-0.4, -0.2) is 76.5 Å². The smallest absolute Gasteiger partial charge is 0.326 e. The summed E-state index contributed by atoms with van der Waals surface area (Å²) in [7, 11) is 0. The van der Waals surface area contributed by atoms with E-state index in [-0.39, 0.29) is 12.8 Å². The van der Waals surface area contributed by atoms with Gasteiger partial charge in [0.1, 0.15) is 12.1 Å². The Balaban J connectivity index is 4.83. The Morgan fingerprint density at radius 3 is 2.00 bits per heavy atom. The molecule has 4 unspecified atom stereocenters.